The molecule has 2 aromatic carbocycles. The first-order valence-corrected chi connectivity index (χ1v) is 10.6. The molecule has 1 aromatic heterocycles. The minimum absolute atomic E-state index is 0.0637. The van der Waals surface area contributed by atoms with Crippen molar-refractivity contribution in [1.29, 1.82) is 0 Å². The van der Waals surface area contributed by atoms with Crippen LogP contribution in [0.5, 0.6) is 5.75 Å². The predicted molar refractivity (Wildman–Crippen MR) is 117 cm³/mol. The number of rotatable bonds is 4. The zero-order valence-corrected chi connectivity index (χ0v) is 17.1. The Morgan fingerprint density at radius 1 is 0.935 bits per heavy atom. The molecule has 160 valence electrons. The Kier molecular flexibility index (Phi) is 5.17. The standard InChI is InChI=1S/C23H25N5O3/c29-14-19-18-8-2-1-5-15(18)10-12-27(19)22-24-21(16-6-3-7-17(30)13-16)25-23(26-22)28-11-4-9-20(28)31/h1-3,5-8,13,19-20,29-31H,4,9-12,14H2/t19-,20?/m0/s1. The van der Waals surface area contributed by atoms with Crippen LogP contribution in [-0.2, 0) is 6.42 Å². The Morgan fingerprint density at radius 3 is 2.48 bits per heavy atom. The summed E-state index contributed by atoms with van der Waals surface area (Å²) < 4.78 is 0. The third kappa shape index (κ3) is 3.68. The highest BCUT2D eigenvalue weighted by Crippen LogP contribution is 2.34. The molecule has 1 fully saturated rings. The van der Waals surface area contributed by atoms with Crippen LogP contribution in [0.1, 0.15) is 30.0 Å². The van der Waals surface area contributed by atoms with E-state index in [0.29, 0.717) is 42.8 Å². The number of anilines is 2. The Bertz CT molecular complexity index is 1090. The molecular formula is C23H25N5O3. The van der Waals surface area contributed by atoms with Gasteiger partial charge in [-0.3, -0.25) is 0 Å². The van der Waals surface area contributed by atoms with E-state index in [1.165, 1.54) is 5.56 Å². The van der Waals surface area contributed by atoms with Crippen LogP contribution in [0.2, 0.25) is 0 Å². The summed E-state index contributed by atoms with van der Waals surface area (Å²) in [5.74, 6) is 1.41. The number of aromatic nitrogens is 3. The first-order valence-electron chi connectivity index (χ1n) is 10.6. The number of nitrogens with zero attached hydrogens (tertiary/aromatic N) is 5. The number of hydrogen-bond acceptors (Lipinski definition) is 8. The van der Waals surface area contributed by atoms with Gasteiger partial charge in [0.1, 0.15) is 12.0 Å². The molecule has 8 nitrogen and oxygen atoms in total. The van der Waals surface area contributed by atoms with E-state index in [1.807, 2.05) is 29.2 Å². The molecule has 31 heavy (non-hydrogen) atoms. The molecule has 0 radical (unpaired) electrons. The maximum atomic E-state index is 10.4. The van der Waals surface area contributed by atoms with Crippen LogP contribution in [0.3, 0.4) is 0 Å². The molecule has 0 aliphatic carbocycles. The minimum Gasteiger partial charge on any atom is -0.508 e. The number of phenols is 1. The molecule has 8 heteroatoms. The summed E-state index contributed by atoms with van der Waals surface area (Å²) >= 11 is 0. The number of phenolic OH excluding ortho intramolecular Hbond substituents is 1. The van der Waals surface area contributed by atoms with Crippen molar-refractivity contribution >= 4 is 11.9 Å². The third-order valence-corrected chi connectivity index (χ3v) is 6.04. The lowest BCUT2D eigenvalue weighted by Gasteiger charge is -2.36. The van der Waals surface area contributed by atoms with Crippen molar-refractivity contribution < 1.29 is 15.3 Å². The molecule has 0 spiro atoms. The molecule has 1 saturated heterocycles. The summed E-state index contributed by atoms with van der Waals surface area (Å²) in [4.78, 5) is 17.8. The summed E-state index contributed by atoms with van der Waals surface area (Å²) in [6.45, 7) is 1.26. The lowest BCUT2D eigenvalue weighted by Crippen LogP contribution is -2.39. The van der Waals surface area contributed by atoms with Gasteiger partial charge in [0, 0.05) is 18.7 Å². The van der Waals surface area contributed by atoms with Crippen LogP contribution in [-0.4, -0.2) is 56.2 Å². The second-order valence-electron chi connectivity index (χ2n) is 7.97. The summed E-state index contributed by atoms with van der Waals surface area (Å²) in [5.41, 5.74) is 2.95. The van der Waals surface area contributed by atoms with Gasteiger partial charge >= 0.3 is 0 Å². The van der Waals surface area contributed by atoms with E-state index in [2.05, 4.69) is 11.1 Å². The first kappa shape index (κ1) is 19.7. The normalized spacial score (nSPS) is 20.7. The van der Waals surface area contributed by atoms with E-state index >= 15 is 0 Å². The second kappa shape index (κ2) is 8.13. The van der Waals surface area contributed by atoms with Gasteiger partial charge in [0.25, 0.3) is 0 Å². The number of fused-ring (bicyclic) bond motifs is 1. The summed E-state index contributed by atoms with van der Waals surface area (Å²) in [6.07, 6.45) is 1.71. The summed E-state index contributed by atoms with van der Waals surface area (Å²) in [7, 11) is 0. The lowest BCUT2D eigenvalue weighted by atomic mass is 9.93. The van der Waals surface area contributed by atoms with Crippen molar-refractivity contribution in [3.05, 3.63) is 59.7 Å². The van der Waals surface area contributed by atoms with E-state index in [-0.39, 0.29) is 18.4 Å². The fourth-order valence-electron chi connectivity index (χ4n) is 4.46. The molecule has 0 amide bonds. The van der Waals surface area contributed by atoms with Gasteiger partial charge in [0.2, 0.25) is 11.9 Å². The van der Waals surface area contributed by atoms with Crippen LogP contribution in [0.25, 0.3) is 11.4 Å². The zero-order chi connectivity index (χ0) is 21.4. The van der Waals surface area contributed by atoms with E-state index in [0.717, 1.165) is 18.4 Å². The van der Waals surface area contributed by atoms with Gasteiger partial charge in [0.15, 0.2) is 5.82 Å². The SMILES string of the molecule is OC[C@H]1c2ccccc2CCN1c1nc(-c2cccc(O)c2)nc(N2CCCC2O)n1. The van der Waals surface area contributed by atoms with Crippen molar-refractivity contribution in [2.75, 3.05) is 29.5 Å². The first-order chi connectivity index (χ1) is 15.1. The molecule has 2 aliphatic heterocycles. The highest BCUT2D eigenvalue weighted by Gasteiger charge is 2.31. The van der Waals surface area contributed by atoms with E-state index in [1.54, 1.807) is 23.1 Å². The van der Waals surface area contributed by atoms with Crippen LogP contribution >= 0.6 is 0 Å². The van der Waals surface area contributed by atoms with E-state index < -0.39 is 6.23 Å². The van der Waals surface area contributed by atoms with Crippen molar-refractivity contribution in [3.8, 4) is 17.1 Å². The van der Waals surface area contributed by atoms with Crippen molar-refractivity contribution in [2.45, 2.75) is 31.5 Å². The number of hydrogen-bond donors (Lipinski definition) is 3. The zero-order valence-electron chi connectivity index (χ0n) is 17.1. The molecular weight excluding hydrogens is 394 g/mol. The Labute approximate surface area is 180 Å². The third-order valence-electron chi connectivity index (χ3n) is 6.04. The van der Waals surface area contributed by atoms with Crippen molar-refractivity contribution in [3.63, 3.8) is 0 Å². The molecule has 3 aromatic rings. The highest BCUT2D eigenvalue weighted by molar-refractivity contribution is 5.61. The summed E-state index contributed by atoms with van der Waals surface area (Å²) in [5, 5.41) is 30.6. The van der Waals surface area contributed by atoms with Crippen molar-refractivity contribution in [2.24, 2.45) is 0 Å². The number of benzene rings is 2. The van der Waals surface area contributed by atoms with E-state index in [4.69, 9.17) is 9.97 Å². The molecule has 1 unspecified atom stereocenters. The van der Waals surface area contributed by atoms with Gasteiger partial charge in [0.05, 0.1) is 12.6 Å². The van der Waals surface area contributed by atoms with Gasteiger partial charge in [-0.25, -0.2) is 0 Å². The van der Waals surface area contributed by atoms with Crippen molar-refractivity contribution in [1.82, 2.24) is 15.0 Å². The van der Waals surface area contributed by atoms with Crippen LogP contribution < -0.4 is 9.80 Å². The highest BCUT2D eigenvalue weighted by atomic mass is 16.3. The molecule has 2 atom stereocenters. The Hall–Kier alpha value is -3.23. The van der Waals surface area contributed by atoms with Gasteiger partial charge in [-0.15, -0.1) is 0 Å². The smallest absolute Gasteiger partial charge is 0.232 e. The molecule has 0 saturated carbocycles. The van der Waals surface area contributed by atoms with Gasteiger partial charge in [-0.05, 0) is 42.5 Å². The molecule has 2 aliphatic rings. The lowest BCUT2D eigenvalue weighted by molar-refractivity contribution is 0.184. The number of aliphatic hydroxyl groups excluding tert-OH is 2. The molecule has 5 rings (SSSR count). The quantitative estimate of drug-likeness (QED) is 0.591. The monoisotopic (exact) mass is 419 g/mol. The molecule has 0 bridgehead atoms. The predicted octanol–water partition coefficient (Wildman–Crippen LogP) is 2.26. The molecule has 3 N–H and O–H groups in total. The van der Waals surface area contributed by atoms with Gasteiger partial charge in [-0.2, -0.15) is 15.0 Å². The fraction of sp³-hybridized carbons (Fsp3) is 0.348. The van der Waals surface area contributed by atoms with E-state index in [9.17, 15) is 15.3 Å². The average molecular weight is 419 g/mol. The van der Waals surface area contributed by atoms with Crippen LogP contribution in [0.15, 0.2) is 48.5 Å². The van der Waals surface area contributed by atoms with Crippen LogP contribution in [0.4, 0.5) is 11.9 Å². The maximum Gasteiger partial charge on any atom is 0.232 e. The largest absolute Gasteiger partial charge is 0.508 e. The van der Waals surface area contributed by atoms with Gasteiger partial charge < -0.3 is 25.1 Å². The topological polar surface area (TPSA) is 106 Å². The number of aliphatic hydroxyl groups is 2. The summed E-state index contributed by atoms with van der Waals surface area (Å²) in [6, 6.07) is 14.6. The van der Waals surface area contributed by atoms with Crippen LogP contribution in [0, 0.1) is 0 Å². The van der Waals surface area contributed by atoms with Gasteiger partial charge in [-0.1, -0.05) is 36.4 Å². The Balaban J connectivity index is 1.61. The Morgan fingerprint density at radius 2 is 1.74 bits per heavy atom. The fourth-order valence-corrected chi connectivity index (χ4v) is 4.46. The number of aromatic hydroxyl groups is 1. The minimum atomic E-state index is -0.636. The second-order valence-corrected chi connectivity index (χ2v) is 7.97. The molecule has 3 heterocycles. The average Bonchev–Trinajstić information content (AvgIpc) is 3.24. The maximum absolute atomic E-state index is 10.4.